The lowest BCUT2D eigenvalue weighted by Crippen LogP contribution is -2.47. The van der Waals surface area contributed by atoms with E-state index in [0.29, 0.717) is 28.4 Å². The van der Waals surface area contributed by atoms with Crippen LogP contribution in [-0.2, 0) is 21.5 Å². The molecule has 4 aromatic rings. The molecule has 0 radical (unpaired) electrons. The summed E-state index contributed by atoms with van der Waals surface area (Å²) in [6.45, 7) is 9.43. The Morgan fingerprint density at radius 2 is 1.88 bits per heavy atom. The number of pyridine rings is 1. The van der Waals surface area contributed by atoms with Crippen molar-refractivity contribution in [2.75, 3.05) is 5.32 Å². The zero-order valence-corrected chi connectivity index (χ0v) is 25.7. The SMILES string of the molecule is Cc1ncc(-c2ccc3c(c2)c(C(C)(C)C#N)nn3CC(=O)N2[C@H](C(=O)Nc3nc(Br)ccc3C)C[C@@]3(C)C[C@@H]23)cn1. The van der Waals surface area contributed by atoms with Crippen LogP contribution in [0.15, 0.2) is 47.3 Å². The molecular formula is C31H31BrN8O2. The normalized spacial score (nSPS) is 21.2. The van der Waals surface area contributed by atoms with Gasteiger partial charge >= 0.3 is 0 Å². The van der Waals surface area contributed by atoms with Gasteiger partial charge in [0.2, 0.25) is 11.8 Å². The third kappa shape index (κ3) is 4.83. The highest BCUT2D eigenvalue weighted by Gasteiger charge is 2.64. The summed E-state index contributed by atoms with van der Waals surface area (Å²) in [4.78, 5) is 42.2. The summed E-state index contributed by atoms with van der Waals surface area (Å²) in [5.74, 6) is 0.735. The molecule has 1 saturated carbocycles. The minimum Gasteiger partial charge on any atom is -0.325 e. The fourth-order valence-electron chi connectivity index (χ4n) is 5.94. The smallest absolute Gasteiger partial charge is 0.248 e. The quantitative estimate of drug-likeness (QED) is 0.295. The van der Waals surface area contributed by atoms with Crippen LogP contribution in [-0.4, -0.2) is 53.5 Å². The zero-order chi connectivity index (χ0) is 30.0. The van der Waals surface area contributed by atoms with Crippen LogP contribution in [0.1, 0.15) is 50.7 Å². The number of benzene rings is 1. The maximum Gasteiger partial charge on any atom is 0.248 e. The first-order valence-electron chi connectivity index (χ1n) is 13.9. The Morgan fingerprint density at radius 1 is 1.14 bits per heavy atom. The van der Waals surface area contributed by atoms with Crippen molar-refractivity contribution < 1.29 is 9.59 Å². The number of likely N-dealkylation sites (tertiary alicyclic amines) is 1. The minimum atomic E-state index is -0.894. The average Bonchev–Trinajstić information content (AvgIpc) is 3.32. The first-order valence-corrected chi connectivity index (χ1v) is 14.7. The third-order valence-corrected chi connectivity index (χ3v) is 8.99. The minimum absolute atomic E-state index is 0.00213. The molecule has 214 valence electrons. The van der Waals surface area contributed by atoms with Gasteiger partial charge in [0.1, 0.15) is 28.8 Å². The van der Waals surface area contributed by atoms with Gasteiger partial charge in [0.15, 0.2) is 0 Å². The number of hydrogen-bond donors (Lipinski definition) is 1. The summed E-state index contributed by atoms with van der Waals surface area (Å²) < 4.78 is 2.28. The Labute approximate surface area is 252 Å². The van der Waals surface area contributed by atoms with Gasteiger partial charge in [0, 0.05) is 29.4 Å². The first-order chi connectivity index (χ1) is 19.9. The molecule has 1 aliphatic heterocycles. The average molecular weight is 628 g/mol. The van der Waals surface area contributed by atoms with Crippen molar-refractivity contribution in [1.82, 2.24) is 29.6 Å². The molecule has 42 heavy (non-hydrogen) atoms. The van der Waals surface area contributed by atoms with E-state index in [9.17, 15) is 14.9 Å². The van der Waals surface area contributed by atoms with Gasteiger partial charge in [-0.15, -0.1) is 0 Å². The van der Waals surface area contributed by atoms with Crippen molar-refractivity contribution in [3.8, 4) is 17.2 Å². The summed E-state index contributed by atoms with van der Waals surface area (Å²) in [5.41, 5.74) is 2.94. The van der Waals surface area contributed by atoms with E-state index >= 15 is 0 Å². The molecule has 3 atom stereocenters. The zero-order valence-electron chi connectivity index (χ0n) is 24.1. The fourth-order valence-corrected chi connectivity index (χ4v) is 6.25. The summed E-state index contributed by atoms with van der Waals surface area (Å²) in [6.07, 6.45) is 4.99. The summed E-state index contributed by atoms with van der Waals surface area (Å²) in [5, 5.41) is 18.5. The van der Waals surface area contributed by atoms with Crippen LogP contribution in [0.2, 0.25) is 0 Å². The van der Waals surface area contributed by atoms with E-state index in [1.54, 1.807) is 22.0 Å². The van der Waals surface area contributed by atoms with Gasteiger partial charge in [0.25, 0.3) is 0 Å². The molecule has 0 bridgehead atoms. The van der Waals surface area contributed by atoms with E-state index in [1.807, 2.05) is 58.0 Å². The van der Waals surface area contributed by atoms with Crippen LogP contribution < -0.4 is 5.32 Å². The van der Waals surface area contributed by atoms with Gasteiger partial charge in [-0.3, -0.25) is 14.3 Å². The van der Waals surface area contributed by atoms with Crippen molar-refractivity contribution >= 4 is 44.5 Å². The standard InChI is InChI=1S/C31H31BrN8O2/c1-17-6-9-25(32)36-28(17)37-29(42)23-11-31(5)12-24(31)40(23)26(41)15-39-22-8-7-19(20-13-34-18(2)35-14-20)10-21(22)27(38-39)30(3,4)16-33/h6-10,13-14,23-24H,11-12,15H2,1-5H3,(H,36,37,42)/t23-,24+,31-/m0/s1. The number of fused-ring (bicyclic) bond motifs is 2. The highest BCUT2D eigenvalue weighted by Crippen LogP contribution is 2.59. The molecule has 2 amide bonds. The Kier molecular flexibility index (Phi) is 6.65. The van der Waals surface area contributed by atoms with Crippen molar-refractivity contribution in [2.24, 2.45) is 5.41 Å². The number of amides is 2. The maximum atomic E-state index is 14.0. The van der Waals surface area contributed by atoms with Gasteiger partial charge < -0.3 is 10.2 Å². The third-order valence-electron chi connectivity index (χ3n) is 8.55. The van der Waals surface area contributed by atoms with Gasteiger partial charge in [-0.05, 0) is 91.2 Å². The van der Waals surface area contributed by atoms with Crippen LogP contribution in [0.3, 0.4) is 0 Å². The number of aryl methyl sites for hydroxylation is 2. The number of rotatable bonds is 6. The Balaban J connectivity index is 1.32. The number of nitriles is 1. The summed E-state index contributed by atoms with van der Waals surface area (Å²) in [7, 11) is 0. The number of nitrogens with zero attached hydrogens (tertiary/aromatic N) is 7. The second kappa shape index (κ2) is 9.98. The molecule has 3 aromatic heterocycles. The van der Waals surface area contributed by atoms with Gasteiger partial charge in [0.05, 0.1) is 22.7 Å². The number of halogens is 1. The van der Waals surface area contributed by atoms with Crippen molar-refractivity contribution in [3.63, 3.8) is 0 Å². The lowest BCUT2D eigenvalue weighted by molar-refractivity contribution is -0.138. The predicted molar refractivity (Wildman–Crippen MR) is 161 cm³/mol. The summed E-state index contributed by atoms with van der Waals surface area (Å²) in [6, 6.07) is 11.3. The molecule has 11 heteroatoms. The number of nitrogens with one attached hydrogen (secondary N) is 1. The maximum absolute atomic E-state index is 14.0. The molecular weight excluding hydrogens is 596 g/mol. The first kappa shape index (κ1) is 28.0. The van der Waals surface area contributed by atoms with Crippen LogP contribution in [0, 0.1) is 30.6 Å². The molecule has 6 rings (SSSR count). The number of hydrogen-bond acceptors (Lipinski definition) is 7. The van der Waals surface area contributed by atoms with Crippen LogP contribution >= 0.6 is 15.9 Å². The van der Waals surface area contributed by atoms with E-state index in [1.165, 1.54) is 0 Å². The number of aromatic nitrogens is 5. The lowest BCUT2D eigenvalue weighted by atomic mass is 9.88. The Bertz CT molecular complexity index is 1790. The Hall–Kier alpha value is -4.17. The lowest BCUT2D eigenvalue weighted by Gasteiger charge is -2.27. The van der Waals surface area contributed by atoms with E-state index in [-0.39, 0.29) is 29.8 Å². The summed E-state index contributed by atoms with van der Waals surface area (Å²) >= 11 is 3.37. The van der Waals surface area contributed by atoms with Crippen molar-refractivity contribution in [1.29, 1.82) is 5.26 Å². The number of carbonyl (C=O) groups is 2. The molecule has 4 heterocycles. The van der Waals surface area contributed by atoms with Crippen molar-refractivity contribution in [3.05, 3.63) is 64.4 Å². The molecule has 1 N–H and O–H groups in total. The number of carbonyl (C=O) groups excluding carboxylic acids is 2. The van der Waals surface area contributed by atoms with E-state index in [0.717, 1.165) is 34.0 Å². The molecule has 0 unspecified atom stereocenters. The molecule has 1 saturated heterocycles. The van der Waals surface area contributed by atoms with Gasteiger partial charge in [-0.1, -0.05) is 19.1 Å². The molecule has 0 spiro atoms. The van der Waals surface area contributed by atoms with E-state index < -0.39 is 11.5 Å². The highest BCUT2D eigenvalue weighted by atomic mass is 79.9. The molecule has 1 aliphatic carbocycles. The molecule has 1 aromatic carbocycles. The number of anilines is 1. The largest absolute Gasteiger partial charge is 0.325 e. The van der Waals surface area contributed by atoms with Crippen LogP contribution in [0.5, 0.6) is 0 Å². The fraction of sp³-hybridized carbons (Fsp3) is 0.387. The second-order valence-corrected chi connectivity index (χ2v) is 13.0. The van der Waals surface area contributed by atoms with Gasteiger partial charge in [-0.2, -0.15) is 10.4 Å². The predicted octanol–water partition coefficient (Wildman–Crippen LogP) is 5.09. The topological polar surface area (TPSA) is 130 Å². The van der Waals surface area contributed by atoms with Crippen molar-refractivity contribution in [2.45, 2.75) is 71.5 Å². The van der Waals surface area contributed by atoms with Crippen LogP contribution in [0.25, 0.3) is 22.0 Å². The molecule has 2 aliphatic rings. The van der Waals surface area contributed by atoms with E-state index in [2.05, 4.69) is 49.2 Å². The molecule has 2 fully saturated rings. The number of piperidine rings is 1. The Morgan fingerprint density at radius 3 is 2.60 bits per heavy atom. The van der Waals surface area contributed by atoms with Crippen LogP contribution in [0.4, 0.5) is 5.82 Å². The highest BCUT2D eigenvalue weighted by molar-refractivity contribution is 9.10. The monoisotopic (exact) mass is 626 g/mol. The second-order valence-electron chi connectivity index (χ2n) is 12.2. The van der Waals surface area contributed by atoms with Gasteiger partial charge in [-0.25, -0.2) is 15.0 Å². The van der Waals surface area contributed by atoms with E-state index in [4.69, 9.17) is 5.10 Å². The molecule has 10 nitrogen and oxygen atoms in total.